The minimum absolute atomic E-state index is 0.109. The normalized spacial score (nSPS) is 13.6. The molecule has 1 aromatic carbocycles. The van der Waals surface area contributed by atoms with Gasteiger partial charge in [0.2, 0.25) is 5.91 Å². The van der Waals surface area contributed by atoms with Gasteiger partial charge >= 0.3 is 0 Å². The number of hydrogen-bond acceptors (Lipinski definition) is 5. The van der Waals surface area contributed by atoms with Crippen molar-refractivity contribution in [1.29, 1.82) is 0 Å². The van der Waals surface area contributed by atoms with Crippen LogP contribution in [0.25, 0.3) is 11.4 Å². The molecule has 0 saturated carbocycles. The number of nitrogens with zero attached hydrogens (tertiary/aromatic N) is 4. The van der Waals surface area contributed by atoms with E-state index in [9.17, 15) is 4.79 Å². The molecule has 150 valence electrons. The van der Waals surface area contributed by atoms with Crippen molar-refractivity contribution in [2.45, 2.75) is 32.9 Å². The van der Waals surface area contributed by atoms with Gasteiger partial charge in [-0.3, -0.25) is 14.5 Å². The summed E-state index contributed by atoms with van der Waals surface area (Å²) in [5.74, 6) is 1.54. The van der Waals surface area contributed by atoms with Crippen LogP contribution < -0.4 is 10.2 Å². The number of aromatic nitrogens is 4. The molecule has 4 rings (SSSR count). The Morgan fingerprint density at radius 2 is 2.07 bits per heavy atom. The fourth-order valence-electron chi connectivity index (χ4n) is 3.52. The molecule has 2 aromatic heterocycles. The lowest BCUT2D eigenvalue weighted by Gasteiger charge is -2.16. The van der Waals surface area contributed by atoms with Gasteiger partial charge in [0, 0.05) is 31.4 Å². The van der Waals surface area contributed by atoms with Crippen molar-refractivity contribution < 1.29 is 4.79 Å². The molecule has 3 heterocycles. The number of aryl methyl sites for hydroxylation is 1. The van der Waals surface area contributed by atoms with Gasteiger partial charge in [-0.1, -0.05) is 29.8 Å². The molecule has 3 aromatic rings. The molecular weight excluding hydrogens is 384 g/mol. The molecule has 1 amide bonds. The molecule has 29 heavy (non-hydrogen) atoms. The van der Waals surface area contributed by atoms with Crippen molar-refractivity contribution in [3.8, 4) is 11.4 Å². The first kappa shape index (κ1) is 19.3. The average molecular weight is 409 g/mol. The van der Waals surface area contributed by atoms with Crippen LogP contribution in [0.3, 0.4) is 0 Å². The molecular formula is C21H24N6OS. The summed E-state index contributed by atoms with van der Waals surface area (Å²) < 4.78 is 2.14. The highest BCUT2D eigenvalue weighted by Crippen LogP contribution is 2.19. The van der Waals surface area contributed by atoms with E-state index in [0.717, 1.165) is 35.6 Å². The van der Waals surface area contributed by atoms with Gasteiger partial charge in [0.1, 0.15) is 12.4 Å². The molecule has 7 nitrogen and oxygen atoms in total. The Balaban J connectivity index is 1.39. The Hall–Kier alpha value is -3.00. The maximum absolute atomic E-state index is 12.5. The van der Waals surface area contributed by atoms with E-state index >= 15 is 0 Å². The van der Waals surface area contributed by atoms with Crippen LogP contribution in [0.5, 0.6) is 0 Å². The standard InChI is InChI=1S/C21H24N6OS/c1-15-5-4-6-17(11-15)20-24-25-21(29)27(20)14-19(28)23-13-16-7-8-18(22-12-16)26-9-2-3-10-26/h4-8,11-12H,2-3,9-10,13-14H2,1H3,(H,23,28)(H,25,29). The van der Waals surface area contributed by atoms with E-state index in [4.69, 9.17) is 12.2 Å². The molecule has 0 aliphatic carbocycles. The zero-order chi connectivity index (χ0) is 20.2. The average Bonchev–Trinajstić information content (AvgIpc) is 3.38. The number of benzene rings is 1. The summed E-state index contributed by atoms with van der Waals surface area (Å²) in [5, 5.41) is 10.0. The second-order valence-electron chi connectivity index (χ2n) is 7.30. The number of rotatable bonds is 6. The van der Waals surface area contributed by atoms with Crippen molar-refractivity contribution in [3.63, 3.8) is 0 Å². The second-order valence-corrected chi connectivity index (χ2v) is 7.69. The first-order valence-electron chi connectivity index (χ1n) is 9.79. The molecule has 0 radical (unpaired) electrons. The molecule has 0 atom stereocenters. The summed E-state index contributed by atoms with van der Waals surface area (Å²) in [6.07, 6.45) is 4.27. The Labute approximate surface area is 174 Å². The van der Waals surface area contributed by atoms with Crippen LogP contribution in [0.1, 0.15) is 24.0 Å². The number of pyridine rings is 1. The molecule has 1 aliphatic rings. The van der Waals surface area contributed by atoms with Gasteiger partial charge < -0.3 is 10.2 Å². The summed E-state index contributed by atoms with van der Waals surface area (Å²) in [4.78, 5) is 19.3. The van der Waals surface area contributed by atoms with Gasteiger partial charge in [-0.05, 0) is 49.7 Å². The summed E-state index contributed by atoms with van der Waals surface area (Å²) in [5.41, 5.74) is 3.01. The summed E-state index contributed by atoms with van der Waals surface area (Å²) in [7, 11) is 0. The van der Waals surface area contributed by atoms with Gasteiger partial charge in [0.25, 0.3) is 0 Å². The van der Waals surface area contributed by atoms with Gasteiger partial charge in [-0.15, -0.1) is 0 Å². The van der Waals surface area contributed by atoms with E-state index in [1.807, 2.05) is 49.5 Å². The summed E-state index contributed by atoms with van der Waals surface area (Å²) in [6, 6.07) is 12.0. The Morgan fingerprint density at radius 3 is 2.79 bits per heavy atom. The minimum Gasteiger partial charge on any atom is -0.357 e. The first-order valence-corrected chi connectivity index (χ1v) is 10.2. The number of amides is 1. The molecule has 0 bridgehead atoms. The van der Waals surface area contributed by atoms with Crippen LogP contribution in [0, 0.1) is 11.7 Å². The monoisotopic (exact) mass is 408 g/mol. The molecule has 2 N–H and O–H groups in total. The lowest BCUT2D eigenvalue weighted by molar-refractivity contribution is -0.121. The van der Waals surface area contributed by atoms with Crippen LogP contribution in [-0.2, 0) is 17.9 Å². The Kier molecular flexibility index (Phi) is 5.71. The van der Waals surface area contributed by atoms with Crippen molar-refractivity contribution in [2.75, 3.05) is 18.0 Å². The van der Waals surface area contributed by atoms with E-state index in [0.29, 0.717) is 17.1 Å². The van der Waals surface area contributed by atoms with Crippen molar-refractivity contribution >= 4 is 23.9 Å². The lowest BCUT2D eigenvalue weighted by atomic mass is 10.1. The van der Waals surface area contributed by atoms with Gasteiger partial charge in [0.05, 0.1) is 0 Å². The zero-order valence-electron chi connectivity index (χ0n) is 16.4. The van der Waals surface area contributed by atoms with E-state index in [2.05, 4.69) is 25.4 Å². The number of nitrogens with one attached hydrogen (secondary N) is 2. The van der Waals surface area contributed by atoms with Crippen LogP contribution in [0.4, 0.5) is 5.82 Å². The third-order valence-corrected chi connectivity index (χ3v) is 5.38. The molecule has 1 fully saturated rings. The van der Waals surface area contributed by atoms with Gasteiger partial charge in [-0.25, -0.2) is 4.98 Å². The van der Waals surface area contributed by atoms with Crippen LogP contribution >= 0.6 is 12.2 Å². The number of hydrogen-bond donors (Lipinski definition) is 2. The van der Waals surface area contributed by atoms with Crippen molar-refractivity contribution in [2.24, 2.45) is 0 Å². The summed E-state index contributed by atoms with van der Waals surface area (Å²) in [6.45, 7) is 4.69. The van der Waals surface area contributed by atoms with E-state index in [1.54, 1.807) is 4.57 Å². The van der Waals surface area contributed by atoms with E-state index < -0.39 is 0 Å². The first-order chi connectivity index (χ1) is 14.1. The SMILES string of the molecule is Cc1cccc(-c2n[nH]c(=S)n2CC(=O)NCc2ccc(N3CCCC3)nc2)c1. The molecule has 1 saturated heterocycles. The molecule has 0 unspecified atom stereocenters. The zero-order valence-corrected chi connectivity index (χ0v) is 17.2. The fourth-order valence-corrected chi connectivity index (χ4v) is 3.72. The number of H-pyrrole nitrogens is 1. The topological polar surface area (TPSA) is 78.8 Å². The third-order valence-electron chi connectivity index (χ3n) is 5.07. The smallest absolute Gasteiger partial charge is 0.240 e. The predicted octanol–water partition coefficient (Wildman–Crippen LogP) is 3.23. The highest BCUT2D eigenvalue weighted by Gasteiger charge is 2.14. The Morgan fingerprint density at radius 1 is 1.24 bits per heavy atom. The number of anilines is 1. The molecule has 8 heteroatoms. The highest BCUT2D eigenvalue weighted by molar-refractivity contribution is 7.71. The van der Waals surface area contributed by atoms with E-state index in [-0.39, 0.29) is 12.5 Å². The van der Waals surface area contributed by atoms with Crippen LogP contribution in [0.15, 0.2) is 42.6 Å². The maximum Gasteiger partial charge on any atom is 0.240 e. The number of carbonyl (C=O) groups excluding carboxylic acids is 1. The third kappa shape index (κ3) is 4.54. The quantitative estimate of drug-likeness (QED) is 0.612. The largest absolute Gasteiger partial charge is 0.357 e. The minimum atomic E-state index is -0.125. The maximum atomic E-state index is 12.5. The predicted molar refractivity (Wildman–Crippen MR) is 115 cm³/mol. The van der Waals surface area contributed by atoms with Crippen molar-refractivity contribution in [1.82, 2.24) is 25.1 Å². The fraction of sp³-hybridized carbons (Fsp3) is 0.333. The molecule has 1 aliphatic heterocycles. The van der Waals surface area contributed by atoms with Gasteiger partial charge in [0.15, 0.2) is 10.6 Å². The van der Waals surface area contributed by atoms with Crippen molar-refractivity contribution in [3.05, 3.63) is 58.5 Å². The van der Waals surface area contributed by atoms with Crippen LogP contribution in [-0.4, -0.2) is 38.7 Å². The van der Waals surface area contributed by atoms with Gasteiger partial charge in [-0.2, -0.15) is 5.10 Å². The molecule has 0 spiro atoms. The Bertz CT molecular complexity index is 1050. The number of aromatic amines is 1. The second kappa shape index (κ2) is 8.57. The lowest BCUT2D eigenvalue weighted by Crippen LogP contribution is -2.27. The summed E-state index contributed by atoms with van der Waals surface area (Å²) >= 11 is 5.32. The highest BCUT2D eigenvalue weighted by atomic mass is 32.1. The van der Waals surface area contributed by atoms with Crippen LogP contribution in [0.2, 0.25) is 0 Å². The number of carbonyl (C=O) groups is 1. The van der Waals surface area contributed by atoms with E-state index in [1.165, 1.54) is 12.8 Å².